The summed E-state index contributed by atoms with van der Waals surface area (Å²) in [5, 5.41) is 8.79. The molecule has 0 saturated heterocycles. The van der Waals surface area contributed by atoms with E-state index in [4.69, 9.17) is 9.84 Å². The Morgan fingerprint density at radius 2 is 1.39 bits per heavy atom. The van der Waals surface area contributed by atoms with Gasteiger partial charge in [-0.2, -0.15) is 0 Å². The normalized spacial score (nSPS) is 12.6. The number of hydrogen-bond acceptors (Lipinski definition) is 2. The number of aliphatic carboxylic acids is 1. The van der Waals surface area contributed by atoms with E-state index < -0.39 is 12.1 Å². The average molecular weight is 258 g/mol. The minimum atomic E-state index is -0.839. The zero-order valence-electron chi connectivity index (χ0n) is 12.1. The molecule has 0 bridgehead atoms. The van der Waals surface area contributed by atoms with Crippen molar-refractivity contribution in [1.82, 2.24) is 0 Å². The van der Waals surface area contributed by atoms with Crippen molar-refractivity contribution in [2.75, 3.05) is 7.11 Å². The molecule has 0 aliphatic heterocycles. The lowest BCUT2D eigenvalue weighted by Crippen LogP contribution is -2.21. The Morgan fingerprint density at radius 1 is 0.944 bits per heavy atom. The molecule has 0 radical (unpaired) electrons. The minimum absolute atomic E-state index is 0.612. The van der Waals surface area contributed by atoms with Crippen molar-refractivity contribution in [2.24, 2.45) is 0 Å². The molecule has 0 aromatic heterocycles. The summed E-state index contributed by atoms with van der Waals surface area (Å²) in [4.78, 5) is 10.7. The zero-order valence-corrected chi connectivity index (χ0v) is 12.1. The predicted octanol–water partition coefficient (Wildman–Crippen LogP) is 4.40. The standard InChI is InChI=1S/C15H30O3/c1-3-4-5-6-7-8-9-10-11-12-13-14(18-2)15(16)17/h14H,3-13H2,1-2H3,(H,16,17)/t14-/m1/s1. The molecule has 1 atom stereocenters. The van der Waals surface area contributed by atoms with Gasteiger partial charge in [0.1, 0.15) is 0 Å². The second-order valence-corrected chi connectivity index (χ2v) is 5.03. The molecular formula is C15H30O3. The van der Waals surface area contributed by atoms with Crippen molar-refractivity contribution >= 4 is 5.97 Å². The molecule has 0 aliphatic carbocycles. The molecular weight excluding hydrogens is 228 g/mol. The van der Waals surface area contributed by atoms with Crippen molar-refractivity contribution in [3.05, 3.63) is 0 Å². The van der Waals surface area contributed by atoms with Crippen LogP contribution in [0.2, 0.25) is 0 Å². The van der Waals surface area contributed by atoms with E-state index in [0.717, 1.165) is 12.8 Å². The molecule has 0 unspecified atom stereocenters. The largest absolute Gasteiger partial charge is 0.479 e. The summed E-state index contributed by atoms with van der Waals surface area (Å²) in [6.07, 6.45) is 12.7. The molecule has 108 valence electrons. The van der Waals surface area contributed by atoms with Crippen LogP contribution in [0.3, 0.4) is 0 Å². The van der Waals surface area contributed by atoms with Gasteiger partial charge >= 0.3 is 5.97 Å². The minimum Gasteiger partial charge on any atom is -0.479 e. The van der Waals surface area contributed by atoms with E-state index in [1.165, 1.54) is 58.5 Å². The lowest BCUT2D eigenvalue weighted by atomic mass is 10.0. The van der Waals surface area contributed by atoms with E-state index in [0.29, 0.717) is 6.42 Å². The van der Waals surface area contributed by atoms with Gasteiger partial charge in [-0.05, 0) is 6.42 Å². The third-order valence-electron chi connectivity index (χ3n) is 3.38. The Kier molecular flexibility index (Phi) is 12.5. The Morgan fingerprint density at radius 3 is 1.78 bits per heavy atom. The number of methoxy groups -OCH3 is 1. The Labute approximate surface area is 112 Å². The molecule has 0 aromatic carbocycles. The second-order valence-electron chi connectivity index (χ2n) is 5.03. The van der Waals surface area contributed by atoms with E-state index >= 15 is 0 Å². The van der Waals surface area contributed by atoms with Crippen LogP contribution in [0.1, 0.15) is 77.6 Å². The summed E-state index contributed by atoms with van der Waals surface area (Å²) in [6, 6.07) is 0. The Hall–Kier alpha value is -0.570. The van der Waals surface area contributed by atoms with Gasteiger partial charge in [0.15, 0.2) is 6.10 Å². The molecule has 0 spiro atoms. The zero-order chi connectivity index (χ0) is 13.6. The summed E-state index contributed by atoms with van der Waals surface area (Å²) >= 11 is 0. The van der Waals surface area contributed by atoms with Crippen LogP contribution in [0.15, 0.2) is 0 Å². The van der Waals surface area contributed by atoms with Crippen LogP contribution in [0.25, 0.3) is 0 Å². The molecule has 1 N–H and O–H groups in total. The first kappa shape index (κ1) is 17.4. The highest BCUT2D eigenvalue weighted by atomic mass is 16.5. The first-order valence-electron chi connectivity index (χ1n) is 7.48. The summed E-state index contributed by atoms with van der Waals surface area (Å²) in [6.45, 7) is 2.24. The Bertz CT molecular complexity index is 192. The quantitative estimate of drug-likeness (QED) is 0.498. The fraction of sp³-hybridized carbons (Fsp3) is 0.933. The number of hydrogen-bond donors (Lipinski definition) is 1. The van der Waals surface area contributed by atoms with Crippen molar-refractivity contribution in [2.45, 2.75) is 83.7 Å². The fourth-order valence-electron chi connectivity index (χ4n) is 2.16. The Balaban J connectivity index is 3.18. The number of carboxylic acid groups (broad SMARTS) is 1. The summed E-state index contributed by atoms with van der Waals surface area (Å²) in [7, 11) is 1.47. The first-order valence-corrected chi connectivity index (χ1v) is 7.48. The fourth-order valence-corrected chi connectivity index (χ4v) is 2.16. The predicted molar refractivity (Wildman–Crippen MR) is 74.9 cm³/mol. The molecule has 18 heavy (non-hydrogen) atoms. The second kappa shape index (κ2) is 12.9. The number of rotatable bonds is 13. The maximum Gasteiger partial charge on any atom is 0.332 e. The third kappa shape index (κ3) is 10.6. The van der Waals surface area contributed by atoms with E-state index in [1.54, 1.807) is 0 Å². The molecule has 0 heterocycles. The lowest BCUT2D eigenvalue weighted by molar-refractivity contribution is -0.148. The van der Waals surface area contributed by atoms with Crippen LogP contribution in [0, 0.1) is 0 Å². The topological polar surface area (TPSA) is 46.5 Å². The highest BCUT2D eigenvalue weighted by molar-refractivity contribution is 5.72. The first-order chi connectivity index (χ1) is 8.72. The average Bonchev–Trinajstić information content (AvgIpc) is 2.35. The van der Waals surface area contributed by atoms with Crippen LogP contribution in [-0.2, 0) is 9.53 Å². The number of ether oxygens (including phenoxy) is 1. The molecule has 3 nitrogen and oxygen atoms in total. The van der Waals surface area contributed by atoms with E-state index in [-0.39, 0.29) is 0 Å². The van der Waals surface area contributed by atoms with Gasteiger partial charge < -0.3 is 9.84 Å². The van der Waals surface area contributed by atoms with Gasteiger partial charge in [0.25, 0.3) is 0 Å². The molecule has 0 amide bonds. The summed E-state index contributed by atoms with van der Waals surface area (Å²) < 4.78 is 4.89. The molecule has 0 fully saturated rings. The smallest absolute Gasteiger partial charge is 0.332 e. The van der Waals surface area contributed by atoms with Crippen LogP contribution >= 0.6 is 0 Å². The summed E-state index contributed by atoms with van der Waals surface area (Å²) in [5.41, 5.74) is 0. The van der Waals surface area contributed by atoms with Crippen LogP contribution in [0.5, 0.6) is 0 Å². The van der Waals surface area contributed by atoms with Crippen LogP contribution in [-0.4, -0.2) is 24.3 Å². The number of unbranched alkanes of at least 4 members (excludes halogenated alkanes) is 9. The van der Waals surface area contributed by atoms with Crippen LogP contribution < -0.4 is 0 Å². The molecule has 0 saturated carbocycles. The van der Waals surface area contributed by atoms with Crippen LogP contribution in [0.4, 0.5) is 0 Å². The van der Waals surface area contributed by atoms with Crippen molar-refractivity contribution in [3.63, 3.8) is 0 Å². The molecule has 0 rings (SSSR count). The molecule has 0 aliphatic rings. The van der Waals surface area contributed by atoms with E-state index in [2.05, 4.69) is 6.92 Å². The maximum absolute atomic E-state index is 10.7. The molecule has 3 heteroatoms. The highest BCUT2D eigenvalue weighted by Gasteiger charge is 2.14. The van der Waals surface area contributed by atoms with Crippen molar-refractivity contribution in [3.8, 4) is 0 Å². The van der Waals surface area contributed by atoms with Crippen molar-refractivity contribution < 1.29 is 14.6 Å². The number of carbonyl (C=O) groups is 1. The SMILES string of the molecule is CCCCCCCCCCCC[C@@H](OC)C(=O)O. The van der Waals surface area contributed by atoms with Gasteiger partial charge in [0, 0.05) is 7.11 Å². The molecule has 0 aromatic rings. The third-order valence-corrected chi connectivity index (χ3v) is 3.38. The lowest BCUT2D eigenvalue weighted by Gasteiger charge is -2.09. The van der Waals surface area contributed by atoms with E-state index in [9.17, 15) is 4.79 Å². The van der Waals surface area contributed by atoms with Crippen molar-refractivity contribution in [1.29, 1.82) is 0 Å². The van der Waals surface area contributed by atoms with Gasteiger partial charge in [0.2, 0.25) is 0 Å². The summed E-state index contributed by atoms with van der Waals surface area (Å²) in [5.74, 6) is -0.839. The van der Waals surface area contributed by atoms with E-state index in [1.807, 2.05) is 0 Å². The van der Waals surface area contributed by atoms with Gasteiger partial charge in [-0.15, -0.1) is 0 Å². The maximum atomic E-state index is 10.7. The monoisotopic (exact) mass is 258 g/mol. The van der Waals surface area contributed by atoms with Gasteiger partial charge in [-0.1, -0.05) is 71.1 Å². The van der Waals surface area contributed by atoms with Gasteiger partial charge in [-0.3, -0.25) is 0 Å². The number of carboxylic acids is 1. The van der Waals surface area contributed by atoms with Gasteiger partial charge in [-0.25, -0.2) is 4.79 Å². The highest BCUT2D eigenvalue weighted by Crippen LogP contribution is 2.12. The van der Waals surface area contributed by atoms with Gasteiger partial charge in [0.05, 0.1) is 0 Å².